The lowest BCUT2D eigenvalue weighted by Gasteiger charge is -2.08. The first-order valence-corrected chi connectivity index (χ1v) is 5.20. The maximum Gasteiger partial charge on any atom is 0.330 e. The van der Waals surface area contributed by atoms with Crippen molar-refractivity contribution in [3.8, 4) is 0 Å². The van der Waals surface area contributed by atoms with Crippen LogP contribution >= 0.6 is 0 Å². The van der Waals surface area contributed by atoms with Crippen molar-refractivity contribution in [2.75, 3.05) is 27.2 Å². The van der Waals surface area contributed by atoms with Gasteiger partial charge in [0, 0.05) is 18.2 Å². The molecule has 0 aromatic heterocycles. The summed E-state index contributed by atoms with van der Waals surface area (Å²) in [6, 6.07) is 0. The van der Waals surface area contributed by atoms with Gasteiger partial charge in [-0.2, -0.15) is 0 Å². The smallest absolute Gasteiger partial charge is 0.330 e. The monoisotopic (exact) mass is 242 g/mol. The van der Waals surface area contributed by atoms with Crippen molar-refractivity contribution in [1.29, 1.82) is 0 Å². The molecule has 0 aliphatic carbocycles. The molecule has 17 heavy (non-hydrogen) atoms. The molecule has 0 unspecified atom stereocenters. The summed E-state index contributed by atoms with van der Waals surface area (Å²) in [6.45, 7) is 9.55. The van der Waals surface area contributed by atoms with Gasteiger partial charge in [0.05, 0.1) is 6.61 Å². The number of carbonyl (C=O) groups is 2. The van der Waals surface area contributed by atoms with Gasteiger partial charge < -0.3 is 15.4 Å². The Kier molecular flexibility index (Phi) is 11.4. The van der Waals surface area contributed by atoms with Crippen LogP contribution in [0.3, 0.4) is 0 Å². The number of nitrogens with zero attached hydrogens (tertiary/aromatic N) is 1. The molecule has 5 heteroatoms. The van der Waals surface area contributed by atoms with Crippen LogP contribution in [0.2, 0.25) is 0 Å². The van der Waals surface area contributed by atoms with Gasteiger partial charge >= 0.3 is 5.97 Å². The molecule has 0 aromatic rings. The highest BCUT2D eigenvalue weighted by atomic mass is 16.5. The number of rotatable bonds is 6. The third-order valence-electron chi connectivity index (χ3n) is 1.58. The predicted molar refractivity (Wildman–Crippen MR) is 68.3 cm³/mol. The molecule has 0 aliphatic heterocycles. The Bertz CT molecular complexity index is 261. The maximum absolute atomic E-state index is 10.5. The van der Waals surface area contributed by atoms with Crippen LogP contribution in [0.5, 0.6) is 0 Å². The lowest BCUT2D eigenvalue weighted by molar-refractivity contribution is -0.137. The SMILES string of the molecule is C=C(C)C(N)=O.C=CC(=O)OCCCN(C)C. The molecule has 0 atom stereocenters. The molecule has 0 heterocycles. The van der Waals surface area contributed by atoms with Crippen molar-refractivity contribution in [2.45, 2.75) is 13.3 Å². The van der Waals surface area contributed by atoms with Gasteiger partial charge in [-0.25, -0.2) is 4.79 Å². The number of hydrogen-bond acceptors (Lipinski definition) is 4. The number of carbonyl (C=O) groups excluding carboxylic acids is 2. The van der Waals surface area contributed by atoms with Crippen LogP contribution in [0.4, 0.5) is 0 Å². The van der Waals surface area contributed by atoms with E-state index in [4.69, 9.17) is 10.5 Å². The van der Waals surface area contributed by atoms with Crippen molar-refractivity contribution in [3.05, 3.63) is 24.8 Å². The van der Waals surface area contributed by atoms with Crippen LogP contribution in [0, 0.1) is 0 Å². The summed E-state index contributed by atoms with van der Waals surface area (Å²) in [7, 11) is 3.96. The van der Waals surface area contributed by atoms with Crippen LogP contribution < -0.4 is 5.73 Å². The summed E-state index contributed by atoms with van der Waals surface area (Å²) in [5, 5.41) is 0. The van der Waals surface area contributed by atoms with Crippen LogP contribution in [0.25, 0.3) is 0 Å². The van der Waals surface area contributed by atoms with E-state index >= 15 is 0 Å². The van der Waals surface area contributed by atoms with E-state index in [1.54, 1.807) is 6.92 Å². The Balaban J connectivity index is 0. The quantitative estimate of drug-likeness (QED) is 0.423. The first-order chi connectivity index (χ1) is 7.81. The van der Waals surface area contributed by atoms with Gasteiger partial charge in [0.1, 0.15) is 0 Å². The molecule has 0 saturated heterocycles. The Labute approximate surface area is 103 Å². The van der Waals surface area contributed by atoms with Gasteiger partial charge in [-0.05, 0) is 27.4 Å². The molecule has 0 saturated carbocycles. The first kappa shape index (κ1) is 17.8. The average Bonchev–Trinajstić information content (AvgIpc) is 2.24. The number of amides is 1. The highest BCUT2D eigenvalue weighted by Crippen LogP contribution is 1.86. The van der Waals surface area contributed by atoms with E-state index < -0.39 is 5.91 Å². The fourth-order valence-electron chi connectivity index (χ4n) is 0.612. The van der Waals surface area contributed by atoms with Crippen LogP contribution in [-0.2, 0) is 14.3 Å². The summed E-state index contributed by atoms with van der Waals surface area (Å²) >= 11 is 0. The van der Waals surface area contributed by atoms with Crippen LogP contribution in [0.1, 0.15) is 13.3 Å². The van der Waals surface area contributed by atoms with Crippen LogP contribution in [0.15, 0.2) is 24.8 Å². The van der Waals surface area contributed by atoms with Crippen LogP contribution in [-0.4, -0.2) is 44.0 Å². The fraction of sp³-hybridized carbons (Fsp3) is 0.500. The Morgan fingerprint density at radius 1 is 1.41 bits per heavy atom. The molecule has 2 N–H and O–H groups in total. The summed E-state index contributed by atoms with van der Waals surface area (Å²) < 4.78 is 4.76. The van der Waals surface area contributed by atoms with E-state index in [1.165, 1.54) is 6.08 Å². The molecule has 0 fully saturated rings. The van der Waals surface area contributed by atoms with Gasteiger partial charge in [-0.15, -0.1) is 0 Å². The molecule has 0 spiro atoms. The van der Waals surface area contributed by atoms with Gasteiger partial charge in [0.2, 0.25) is 5.91 Å². The molecular weight excluding hydrogens is 220 g/mol. The van der Waals surface area contributed by atoms with E-state index in [0.29, 0.717) is 12.2 Å². The van der Waals surface area contributed by atoms with Crippen molar-refractivity contribution >= 4 is 11.9 Å². The van der Waals surface area contributed by atoms with E-state index in [0.717, 1.165) is 13.0 Å². The molecule has 0 bridgehead atoms. The Morgan fingerprint density at radius 3 is 2.18 bits per heavy atom. The minimum atomic E-state index is -0.435. The number of hydrogen-bond donors (Lipinski definition) is 1. The highest BCUT2D eigenvalue weighted by molar-refractivity contribution is 5.90. The summed E-state index contributed by atoms with van der Waals surface area (Å²) in [4.78, 5) is 22.4. The van der Waals surface area contributed by atoms with Gasteiger partial charge in [0.15, 0.2) is 0 Å². The predicted octanol–water partition coefficient (Wildman–Crippen LogP) is 0.715. The number of primary amides is 1. The van der Waals surface area contributed by atoms with Gasteiger partial charge in [-0.3, -0.25) is 4.79 Å². The first-order valence-electron chi connectivity index (χ1n) is 5.20. The van der Waals surface area contributed by atoms with Gasteiger partial charge in [0.25, 0.3) is 0 Å². The third-order valence-corrected chi connectivity index (χ3v) is 1.58. The fourth-order valence-corrected chi connectivity index (χ4v) is 0.612. The van der Waals surface area contributed by atoms with E-state index in [2.05, 4.69) is 13.2 Å². The second-order valence-electron chi connectivity index (χ2n) is 3.67. The minimum Gasteiger partial charge on any atom is -0.462 e. The third kappa shape index (κ3) is 17.0. The molecule has 98 valence electrons. The Hall–Kier alpha value is -1.62. The molecule has 0 radical (unpaired) electrons. The summed E-state index contributed by atoms with van der Waals surface area (Å²) in [5.74, 6) is -0.779. The van der Waals surface area contributed by atoms with E-state index in [-0.39, 0.29) is 5.97 Å². The molecule has 1 amide bonds. The molecule has 5 nitrogen and oxygen atoms in total. The molecule has 0 rings (SSSR count). The van der Waals surface area contributed by atoms with Gasteiger partial charge in [-0.1, -0.05) is 13.2 Å². The lowest BCUT2D eigenvalue weighted by atomic mass is 10.3. The maximum atomic E-state index is 10.5. The normalized spacial score (nSPS) is 8.94. The second kappa shape index (κ2) is 10.9. The highest BCUT2D eigenvalue weighted by Gasteiger charge is 1.94. The molecule has 0 aromatic carbocycles. The number of esters is 1. The zero-order valence-electron chi connectivity index (χ0n) is 10.9. The zero-order valence-corrected chi connectivity index (χ0v) is 10.9. The number of nitrogens with two attached hydrogens (primary N) is 1. The Morgan fingerprint density at radius 2 is 1.88 bits per heavy atom. The number of ether oxygens (including phenoxy) is 1. The summed E-state index contributed by atoms with van der Waals surface area (Å²) in [5.41, 5.74) is 5.09. The summed E-state index contributed by atoms with van der Waals surface area (Å²) in [6.07, 6.45) is 2.04. The standard InChI is InChI=1S/C8H15NO2.C4H7NO/c1-4-8(10)11-7-5-6-9(2)3;1-3(2)4(5)6/h4H,1,5-7H2,2-3H3;1H2,2H3,(H2,5,6). The topological polar surface area (TPSA) is 72.6 Å². The van der Waals surface area contributed by atoms with Crippen molar-refractivity contribution in [1.82, 2.24) is 4.90 Å². The van der Waals surface area contributed by atoms with E-state index in [9.17, 15) is 9.59 Å². The van der Waals surface area contributed by atoms with Crippen molar-refractivity contribution in [3.63, 3.8) is 0 Å². The lowest BCUT2D eigenvalue weighted by Crippen LogP contribution is -2.15. The van der Waals surface area contributed by atoms with Crippen molar-refractivity contribution < 1.29 is 14.3 Å². The van der Waals surface area contributed by atoms with E-state index in [1.807, 2.05) is 19.0 Å². The molecular formula is C12H22N2O3. The largest absolute Gasteiger partial charge is 0.462 e. The zero-order chi connectivity index (χ0) is 13.8. The average molecular weight is 242 g/mol. The van der Waals surface area contributed by atoms with Crippen molar-refractivity contribution in [2.24, 2.45) is 5.73 Å². The minimum absolute atomic E-state index is 0.344. The molecule has 0 aliphatic rings. The second-order valence-corrected chi connectivity index (χ2v) is 3.67.